The Morgan fingerprint density at radius 2 is 1.89 bits per heavy atom. The summed E-state index contributed by atoms with van der Waals surface area (Å²) in [5.41, 5.74) is 0.833. The van der Waals surface area contributed by atoms with E-state index in [9.17, 15) is 9.59 Å². The second kappa shape index (κ2) is 6.61. The number of rotatable bonds is 7. The molecule has 3 N–H and O–H groups in total. The van der Waals surface area contributed by atoms with E-state index < -0.39 is 24.6 Å². The standard InChI is InChI=1S/C12H15NO5/c1-13-10(12(16)17)6-8-2-4-9(5-3-8)18-7-11(14)15/h2-5,10,13H,6-7H2,1H3,(H,14,15)(H,16,17)/t10-/m0/s1. The van der Waals surface area contributed by atoms with Crippen LogP contribution in [-0.2, 0) is 16.0 Å². The molecule has 98 valence electrons. The Hall–Kier alpha value is -2.08. The van der Waals surface area contributed by atoms with E-state index in [4.69, 9.17) is 14.9 Å². The zero-order valence-corrected chi connectivity index (χ0v) is 9.92. The Kier molecular flexibility index (Phi) is 5.13. The summed E-state index contributed by atoms with van der Waals surface area (Å²) in [6.07, 6.45) is 0.352. The first-order chi connectivity index (χ1) is 8.52. The smallest absolute Gasteiger partial charge is 0.341 e. The van der Waals surface area contributed by atoms with Gasteiger partial charge >= 0.3 is 11.9 Å². The van der Waals surface area contributed by atoms with Crippen LogP contribution in [-0.4, -0.2) is 41.8 Å². The number of likely N-dealkylation sites (N-methyl/N-ethyl adjacent to an activating group) is 1. The van der Waals surface area contributed by atoms with Crippen LogP contribution in [0.2, 0.25) is 0 Å². The summed E-state index contributed by atoms with van der Waals surface area (Å²) in [6.45, 7) is -0.395. The van der Waals surface area contributed by atoms with Gasteiger partial charge in [0.1, 0.15) is 11.8 Å². The molecule has 0 aromatic heterocycles. The molecule has 0 heterocycles. The molecule has 0 amide bonds. The summed E-state index contributed by atoms with van der Waals surface area (Å²) in [4.78, 5) is 21.1. The lowest BCUT2D eigenvalue weighted by Crippen LogP contribution is -2.35. The van der Waals surface area contributed by atoms with Crippen molar-refractivity contribution >= 4 is 11.9 Å². The molecule has 1 aromatic rings. The van der Waals surface area contributed by atoms with Crippen molar-refractivity contribution in [2.45, 2.75) is 12.5 Å². The fourth-order valence-corrected chi connectivity index (χ4v) is 1.42. The van der Waals surface area contributed by atoms with E-state index in [1.807, 2.05) is 0 Å². The number of hydrogen-bond donors (Lipinski definition) is 3. The highest BCUT2D eigenvalue weighted by molar-refractivity contribution is 5.73. The first-order valence-corrected chi connectivity index (χ1v) is 5.36. The zero-order valence-electron chi connectivity index (χ0n) is 9.92. The van der Waals surface area contributed by atoms with Crippen molar-refractivity contribution < 1.29 is 24.5 Å². The summed E-state index contributed by atoms with van der Waals surface area (Å²) in [6, 6.07) is 6.02. The summed E-state index contributed by atoms with van der Waals surface area (Å²) < 4.78 is 4.97. The number of nitrogens with one attached hydrogen (secondary N) is 1. The van der Waals surface area contributed by atoms with Crippen molar-refractivity contribution in [1.29, 1.82) is 0 Å². The van der Waals surface area contributed by atoms with Gasteiger partial charge in [-0.2, -0.15) is 0 Å². The number of carbonyl (C=O) groups is 2. The molecule has 6 nitrogen and oxygen atoms in total. The topological polar surface area (TPSA) is 95.9 Å². The second-order valence-electron chi connectivity index (χ2n) is 3.71. The van der Waals surface area contributed by atoms with E-state index in [1.165, 1.54) is 0 Å². The average Bonchev–Trinajstić information content (AvgIpc) is 2.34. The number of ether oxygens (including phenoxy) is 1. The molecule has 0 aliphatic carbocycles. The lowest BCUT2D eigenvalue weighted by atomic mass is 10.1. The van der Waals surface area contributed by atoms with Crippen LogP contribution < -0.4 is 10.1 Å². The number of hydrogen-bond acceptors (Lipinski definition) is 4. The maximum Gasteiger partial charge on any atom is 0.341 e. The predicted octanol–water partition coefficient (Wildman–Crippen LogP) is 0.365. The molecule has 6 heteroatoms. The Morgan fingerprint density at radius 3 is 2.33 bits per heavy atom. The molecule has 0 aliphatic rings. The average molecular weight is 253 g/mol. The van der Waals surface area contributed by atoms with Crippen LogP contribution in [0.15, 0.2) is 24.3 Å². The fraction of sp³-hybridized carbons (Fsp3) is 0.333. The Balaban J connectivity index is 2.59. The molecule has 0 aliphatic heterocycles. The van der Waals surface area contributed by atoms with Crippen LogP contribution >= 0.6 is 0 Å². The molecular formula is C12H15NO5. The monoisotopic (exact) mass is 253 g/mol. The van der Waals surface area contributed by atoms with Crippen LogP contribution in [0.3, 0.4) is 0 Å². The van der Waals surface area contributed by atoms with E-state index >= 15 is 0 Å². The first kappa shape index (κ1) is 14.0. The quantitative estimate of drug-likeness (QED) is 0.649. The van der Waals surface area contributed by atoms with Gasteiger partial charge in [-0.3, -0.25) is 4.79 Å². The summed E-state index contributed by atoms with van der Waals surface area (Å²) in [7, 11) is 1.59. The first-order valence-electron chi connectivity index (χ1n) is 5.36. The molecule has 1 rings (SSSR count). The molecule has 0 fully saturated rings. The van der Waals surface area contributed by atoms with Crippen LogP contribution in [0, 0.1) is 0 Å². The molecule has 1 aromatic carbocycles. The number of carboxylic acids is 2. The molecule has 0 saturated heterocycles. The molecule has 0 saturated carbocycles. The van der Waals surface area contributed by atoms with Gasteiger partial charge in [0.25, 0.3) is 0 Å². The lowest BCUT2D eigenvalue weighted by Gasteiger charge is -2.11. The fourth-order valence-electron chi connectivity index (χ4n) is 1.42. The summed E-state index contributed by atoms with van der Waals surface area (Å²) >= 11 is 0. The van der Waals surface area contributed by atoms with Crippen molar-refractivity contribution in [3.63, 3.8) is 0 Å². The summed E-state index contributed by atoms with van der Waals surface area (Å²) in [5.74, 6) is -1.51. The third-order valence-corrected chi connectivity index (χ3v) is 2.37. The number of aliphatic carboxylic acids is 2. The zero-order chi connectivity index (χ0) is 13.5. The number of carboxylic acid groups (broad SMARTS) is 2. The molecule has 0 unspecified atom stereocenters. The predicted molar refractivity (Wildman–Crippen MR) is 63.8 cm³/mol. The van der Waals surface area contributed by atoms with Crippen LogP contribution in [0.4, 0.5) is 0 Å². The van der Waals surface area contributed by atoms with Crippen LogP contribution in [0.1, 0.15) is 5.56 Å². The minimum absolute atomic E-state index is 0.352. The Labute approximate surface area is 104 Å². The van der Waals surface area contributed by atoms with E-state index in [1.54, 1.807) is 31.3 Å². The molecule has 1 atom stereocenters. The van der Waals surface area contributed by atoms with Gasteiger partial charge in [-0.1, -0.05) is 12.1 Å². The Morgan fingerprint density at radius 1 is 1.28 bits per heavy atom. The highest BCUT2D eigenvalue weighted by Crippen LogP contribution is 2.13. The van der Waals surface area contributed by atoms with Gasteiger partial charge in [-0.05, 0) is 31.2 Å². The van der Waals surface area contributed by atoms with E-state index in [2.05, 4.69) is 5.32 Å². The maximum absolute atomic E-state index is 10.8. The van der Waals surface area contributed by atoms with Crippen molar-refractivity contribution in [3.05, 3.63) is 29.8 Å². The van der Waals surface area contributed by atoms with Gasteiger partial charge in [0.15, 0.2) is 6.61 Å². The molecule has 0 bridgehead atoms. The Bertz CT molecular complexity index is 415. The van der Waals surface area contributed by atoms with Crippen molar-refractivity contribution in [1.82, 2.24) is 5.32 Å². The SMILES string of the molecule is CN[C@@H](Cc1ccc(OCC(=O)O)cc1)C(=O)O. The van der Waals surface area contributed by atoms with Gasteiger partial charge in [0, 0.05) is 0 Å². The minimum atomic E-state index is -1.04. The van der Waals surface area contributed by atoms with Gasteiger partial charge in [0.05, 0.1) is 0 Å². The van der Waals surface area contributed by atoms with Crippen molar-refractivity contribution in [3.8, 4) is 5.75 Å². The van der Waals surface area contributed by atoms with E-state index in [-0.39, 0.29) is 0 Å². The second-order valence-corrected chi connectivity index (χ2v) is 3.71. The maximum atomic E-state index is 10.8. The molecule has 0 radical (unpaired) electrons. The lowest BCUT2D eigenvalue weighted by molar-refractivity contribution is -0.140. The molecule has 0 spiro atoms. The van der Waals surface area contributed by atoms with E-state index in [0.29, 0.717) is 12.2 Å². The molecular weight excluding hydrogens is 238 g/mol. The van der Waals surface area contributed by atoms with Gasteiger partial charge < -0.3 is 20.3 Å². The van der Waals surface area contributed by atoms with Crippen LogP contribution in [0.25, 0.3) is 0 Å². The van der Waals surface area contributed by atoms with Crippen molar-refractivity contribution in [2.24, 2.45) is 0 Å². The van der Waals surface area contributed by atoms with Gasteiger partial charge in [0.2, 0.25) is 0 Å². The highest BCUT2D eigenvalue weighted by atomic mass is 16.5. The summed E-state index contributed by atoms with van der Waals surface area (Å²) in [5, 5.41) is 20.0. The third kappa shape index (κ3) is 4.42. The normalized spacial score (nSPS) is 11.8. The van der Waals surface area contributed by atoms with Crippen LogP contribution in [0.5, 0.6) is 5.75 Å². The minimum Gasteiger partial charge on any atom is -0.482 e. The van der Waals surface area contributed by atoms with Crippen molar-refractivity contribution in [2.75, 3.05) is 13.7 Å². The van der Waals surface area contributed by atoms with Gasteiger partial charge in [-0.15, -0.1) is 0 Å². The third-order valence-electron chi connectivity index (χ3n) is 2.37. The van der Waals surface area contributed by atoms with Gasteiger partial charge in [-0.25, -0.2) is 4.79 Å². The molecule has 18 heavy (non-hydrogen) atoms. The largest absolute Gasteiger partial charge is 0.482 e. The number of benzene rings is 1. The van der Waals surface area contributed by atoms with E-state index in [0.717, 1.165) is 5.56 Å². The highest BCUT2D eigenvalue weighted by Gasteiger charge is 2.15.